The Bertz CT molecular complexity index is 1150. The summed E-state index contributed by atoms with van der Waals surface area (Å²) in [5.41, 5.74) is 2.83. The van der Waals surface area contributed by atoms with Gasteiger partial charge in [-0.3, -0.25) is 4.79 Å². The minimum Gasteiger partial charge on any atom is -0.326 e. The summed E-state index contributed by atoms with van der Waals surface area (Å²) in [4.78, 5) is 12.2. The largest absolute Gasteiger partial charge is 0.326 e. The van der Waals surface area contributed by atoms with Gasteiger partial charge in [0, 0.05) is 31.0 Å². The quantitative estimate of drug-likeness (QED) is 0.755. The predicted molar refractivity (Wildman–Crippen MR) is 116 cm³/mol. The summed E-state index contributed by atoms with van der Waals surface area (Å²) in [5, 5.41) is 2.92. The molecule has 162 valence electrons. The molecular formula is C21H26N2O5S2. The highest BCUT2D eigenvalue weighted by atomic mass is 32.2. The van der Waals surface area contributed by atoms with Gasteiger partial charge in [-0.15, -0.1) is 0 Å². The fourth-order valence-electron chi connectivity index (χ4n) is 3.76. The molecule has 9 heteroatoms. The first kappa shape index (κ1) is 22.5. The molecule has 3 rings (SSSR count). The normalized spacial score (nSPS) is 16.4. The highest BCUT2D eigenvalue weighted by Gasteiger charge is 2.34. The SMILES string of the molecule is Cc1cc(C)cc(NC(=O)C2CCN(S(=O)(=O)c3ccccc3S(C)(=O)=O)CC2)c1. The summed E-state index contributed by atoms with van der Waals surface area (Å²) in [6.07, 6.45) is 1.73. The number of anilines is 1. The molecule has 1 amide bonds. The Labute approximate surface area is 178 Å². The van der Waals surface area contributed by atoms with E-state index < -0.39 is 19.9 Å². The zero-order valence-electron chi connectivity index (χ0n) is 17.3. The van der Waals surface area contributed by atoms with E-state index >= 15 is 0 Å². The molecule has 0 aliphatic carbocycles. The van der Waals surface area contributed by atoms with Gasteiger partial charge in [0.25, 0.3) is 0 Å². The highest BCUT2D eigenvalue weighted by Crippen LogP contribution is 2.28. The number of benzene rings is 2. The van der Waals surface area contributed by atoms with Crippen LogP contribution in [0.25, 0.3) is 0 Å². The van der Waals surface area contributed by atoms with E-state index in [-0.39, 0.29) is 34.7 Å². The van der Waals surface area contributed by atoms with Crippen LogP contribution in [0.2, 0.25) is 0 Å². The summed E-state index contributed by atoms with van der Waals surface area (Å²) in [6.45, 7) is 4.23. The highest BCUT2D eigenvalue weighted by molar-refractivity contribution is 7.93. The van der Waals surface area contributed by atoms with Crippen molar-refractivity contribution in [3.63, 3.8) is 0 Å². The van der Waals surface area contributed by atoms with Crippen molar-refractivity contribution in [1.82, 2.24) is 4.31 Å². The number of sulfonamides is 1. The number of hydrogen-bond donors (Lipinski definition) is 1. The second kappa shape index (κ2) is 8.49. The number of hydrogen-bond acceptors (Lipinski definition) is 5. The first-order valence-corrected chi connectivity index (χ1v) is 13.0. The number of nitrogens with one attached hydrogen (secondary N) is 1. The molecule has 0 atom stereocenters. The molecule has 7 nitrogen and oxygen atoms in total. The molecular weight excluding hydrogens is 424 g/mol. The van der Waals surface area contributed by atoms with Gasteiger partial charge >= 0.3 is 0 Å². The van der Waals surface area contributed by atoms with Gasteiger partial charge in [-0.25, -0.2) is 16.8 Å². The van der Waals surface area contributed by atoms with Crippen LogP contribution in [0.3, 0.4) is 0 Å². The molecule has 0 saturated carbocycles. The Morgan fingerprint density at radius 2 is 1.47 bits per heavy atom. The maximum absolute atomic E-state index is 13.1. The number of aryl methyl sites for hydroxylation is 2. The summed E-state index contributed by atoms with van der Waals surface area (Å²) >= 11 is 0. The number of carbonyl (C=O) groups excluding carboxylic acids is 1. The van der Waals surface area contributed by atoms with Crippen LogP contribution in [0.1, 0.15) is 24.0 Å². The minimum atomic E-state index is -3.97. The second-order valence-electron chi connectivity index (χ2n) is 7.76. The van der Waals surface area contributed by atoms with Crippen LogP contribution in [-0.2, 0) is 24.7 Å². The third-order valence-corrected chi connectivity index (χ3v) is 8.42. The Morgan fingerprint density at radius 1 is 0.933 bits per heavy atom. The lowest BCUT2D eigenvalue weighted by Gasteiger charge is -2.31. The van der Waals surface area contributed by atoms with Crippen LogP contribution < -0.4 is 5.32 Å². The first-order valence-electron chi connectivity index (χ1n) is 9.67. The summed E-state index contributed by atoms with van der Waals surface area (Å²) in [5.74, 6) is -0.434. The molecule has 1 aliphatic rings. The van der Waals surface area contributed by atoms with Crippen molar-refractivity contribution in [2.45, 2.75) is 36.5 Å². The van der Waals surface area contributed by atoms with E-state index in [1.165, 1.54) is 28.6 Å². The van der Waals surface area contributed by atoms with Gasteiger partial charge in [0.2, 0.25) is 15.9 Å². The Hall–Kier alpha value is -2.23. The number of carbonyl (C=O) groups is 1. The third-order valence-electron chi connectivity index (χ3n) is 5.18. The number of nitrogens with zero attached hydrogens (tertiary/aromatic N) is 1. The molecule has 0 radical (unpaired) electrons. The fraction of sp³-hybridized carbons (Fsp3) is 0.381. The van der Waals surface area contributed by atoms with Crippen molar-refractivity contribution >= 4 is 31.5 Å². The van der Waals surface area contributed by atoms with Crippen LogP contribution >= 0.6 is 0 Å². The van der Waals surface area contributed by atoms with Crippen LogP contribution in [0.4, 0.5) is 5.69 Å². The smallest absolute Gasteiger partial charge is 0.244 e. The van der Waals surface area contributed by atoms with E-state index in [4.69, 9.17) is 0 Å². The topological polar surface area (TPSA) is 101 Å². The van der Waals surface area contributed by atoms with E-state index in [1.807, 2.05) is 32.0 Å². The molecule has 1 N–H and O–H groups in total. The summed E-state index contributed by atoms with van der Waals surface area (Å²) in [7, 11) is -7.66. The van der Waals surface area contributed by atoms with E-state index in [2.05, 4.69) is 5.32 Å². The second-order valence-corrected chi connectivity index (χ2v) is 11.7. The maximum Gasteiger partial charge on any atom is 0.244 e. The molecule has 30 heavy (non-hydrogen) atoms. The van der Waals surface area contributed by atoms with Gasteiger partial charge in [-0.05, 0) is 62.1 Å². The van der Waals surface area contributed by atoms with Crippen molar-refractivity contribution in [3.05, 3.63) is 53.6 Å². The molecule has 2 aromatic carbocycles. The van der Waals surface area contributed by atoms with E-state index in [0.717, 1.165) is 23.1 Å². The predicted octanol–water partition coefficient (Wildman–Crippen LogP) is 2.75. The molecule has 1 aliphatic heterocycles. The lowest BCUT2D eigenvalue weighted by Crippen LogP contribution is -2.41. The van der Waals surface area contributed by atoms with Crippen molar-refractivity contribution in [1.29, 1.82) is 0 Å². The van der Waals surface area contributed by atoms with Gasteiger partial charge in [0.05, 0.1) is 4.90 Å². The molecule has 1 fully saturated rings. The van der Waals surface area contributed by atoms with Gasteiger partial charge < -0.3 is 5.32 Å². The number of piperidine rings is 1. The molecule has 2 aromatic rings. The van der Waals surface area contributed by atoms with E-state index in [1.54, 1.807) is 0 Å². The summed E-state index contributed by atoms with van der Waals surface area (Å²) in [6, 6.07) is 11.4. The standard InChI is InChI=1S/C21H26N2O5S2/c1-15-12-16(2)14-18(13-15)22-21(24)17-8-10-23(11-9-17)30(27,28)20-7-5-4-6-19(20)29(3,25)26/h4-7,12-14,17H,8-11H2,1-3H3,(H,22,24). The maximum atomic E-state index is 13.1. The Kier molecular flexibility index (Phi) is 6.35. The average Bonchev–Trinajstić information content (AvgIpc) is 2.66. The van der Waals surface area contributed by atoms with Crippen LogP contribution in [-0.4, -0.2) is 46.4 Å². The molecule has 0 spiro atoms. The number of sulfone groups is 1. The first-order chi connectivity index (χ1) is 14.0. The Balaban J connectivity index is 1.71. The van der Waals surface area contributed by atoms with Gasteiger partial charge in [0.15, 0.2) is 9.84 Å². The van der Waals surface area contributed by atoms with Crippen molar-refractivity contribution < 1.29 is 21.6 Å². The number of amides is 1. The average molecular weight is 451 g/mol. The van der Waals surface area contributed by atoms with Gasteiger partial charge in [-0.1, -0.05) is 18.2 Å². The third kappa shape index (κ3) is 4.91. The van der Waals surface area contributed by atoms with Crippen molar-refractivity contribution in [3.8, 4) is 0 Å². The number of rotatable bonds is 5. The molecule has 1 heterocycles. The molecule has 0 bridgehead atoms. The van der Waals surface area contributed by atoms with Crippen LogP contribution in [0.15, 0.2) is 52.3 Å². The van der Waals surface area contributed by atoms with E-state index in [0.29, 0.717) is 12.8 Å². The fourth-order valence-corrected chi connectivity index (χ4v) is 6.83. The van der Waals surface area contributed by atoms with Gasteiger partial charge in [0.1, 0.15) is 4.90 Å². The molecule has 0 unspecified atom stereocenters. The monoisotopic (exact) mass is 450 g/mol. The van der Waals surface area contributed by atoms with E-state index in [9.17, 15) is 21.6 Å². The van der Waals surface area contributed by atoms with Crippen LogP contribution in [0.5, 0.6) is 0 Å². The van der Waals surface area contributed by atoms with Gasteiger partial charge in [-0.2, -0.15) is 4.31 Å². The lowest BCUT2D eigenvalue weighted by molar-refractivity contribution is -0.120. The van der Waals surface area contributed by atoms with Crippen molar-refractivity contribution in [2.24, 2.45) is 5.92 Å². The van der Waals surface area contributed by atoms with Crippen LogP contribution in [0, 0.1) is 19.8 Å². The Morgan fingerprint density at radius 3 is 2.00 bits per heavy atom. The lowest BCUT2D eigenvalue weighted by atomic mass is 9.97. The zero-order chi connectivity index (χ0) is 22.1. The minimum absolute atomic E-state index is 0.131. The molecule has 1 saturated heterocycles. The summed E-state index contributed by atoms with van der Waals surface area (Å²) < 4.78 is 51.4. The zero-order valence-corrected chi connectivity index (χ0v) is 18.9. The van der Waals surface area contributed by atoms with Crippen molar-refractivity contribution in [2.75, 3.05) is 24.7 Å². The molecule has 0 aromatic heterocycles.